The highest BCUT2D eigenvalue weighted by atomic mass is 32.2. The van der Waals surface area contributed by atoms with Crippen LogP contribution in [-0.4, -0.2) is 18.1 Å². The highest BCUT2D eigenvalue weighted by molar-refractivity contribution is 7.99. The number of nitrogens with one attached hydrogen (secondary N) is 1. The van der Waals surface area contributed by atoms with E-state index in [1.165, 1.54) is 12.1 Å². The van der Waals surface area contributed by atoms with Crippen LogP contribution in [0.3, 0.4) is 0 Å². The molecule has 17 heavy (non-hydrogen) atoms. The molecule has 2 atom stereocenters. The van der Waals surface area contributed by atoms with Crippen molar-refractivity contribution in [3.8, 4) is 0 Å². The zero-order valence-corrected chi connectivity index (χ0v) is 11.3. The number of rotatable bonds is 6. The topological polar surface area (TPSA) is 12.0 Å². The zero-order chi connectivity index (χ0) is 12.8. The van der Waals surface area contributed by atoms with E-state index in [1.807, 2.05) is 0 Å². The lowest BCUT2D eigenvalue weighted by atomic mass is 10.1. The molecule has 4 heteroatoms. The van der Waals surface area contributed by atoms with E-state index in [0.717, 1.165) is 18.2 Å². The summed E-state index contributed by atoms with van der Waals surface area (Å²) in [5.74, 6) is -0.00279. The van der Waals surface area contributed by atoms with Gasteiger partial charge in [0.2, 0.25) is 0 Å². The first-order chi connectivity index (χ1) is 8.08. The van der Waals surface area contributed by atoms with Crippen molar-refractivity contribution in [3.05, 3.63) is 35.4 Å². The Morgan fingerprint density at radius 1 is 1.35 bits per heavy atom. The predicted octanol–water partition coefficient (Wildman–Crippen LogP) is 3.76. The molecule has 0 fully saturated rings. The Hall–Kier alpha value is -0.610. The first kappa shape index (κ1) is 14.5. The Morgan fingerprint density at radius 2 is 2.06 bits per heavy atom. The van der Waals surface area contributed by atoms with Crippen molar-refractivity contribution in [3.63, 3.8) is 0 Å². The van der Waals surface area contributed by atoms with Gasteiger partial charge in [0, 0.05) is 22.6 Å². The molecule has 1 aromatic carbocycles. The van der Waals surface area contributed by atoms with Crippen LogP contribution in [0.25, 0.3) is 0 Å². The Morgan fingerprint density at radius 3 is 2.65 bits per heavy atom. The van der Waals surface area contributed by atoms with Gasteiger partial charge in [0.1, 0.15) is 11.6 Å². The summed E-state index contributed by atoms with van der Waals surface area (Å²) in [6.07, 6.45) is 1.08. The lowest BCUT2D eigenvalue weighted by Crippen LogP contribution is -2.21. The van der Waals surface area contributed by atoms with Crippen LogP contribution in [0.1, 0.15) is 31.9 Å². The quantitative estimate of drug-likeness (QED) is 0.835. The monoisotopic (exact) mass is 259 g/mol. The first-order valence-corrected chi connectivity index (χ1v) is 6.87. The Bertz CT molecular complexity index is 357. The molecule has 1 nitrogen and oxygen atoms in total. The van der Waals surface area contributed by atoms with Gasteiger partial charge in [-0.3, -0.25) is 0 Å². The van der Waals surface area contributed by atoms with Crippen molar-refractivity contribution in [2.75, 3.05) is 12.8 Å². The van der Waals surface area contributed by atoms with E-state index in [1.54, 1.807) is 18.8 Å². The second-order valence-corrected chi connectivity index (χ2v) is 5.53. The lowest BCUT2D eigenvalue weighted by molar-refractivity contribution is 0.549. The van der Waals surface area contributed by atoms with Gasteiger partial charge in [-0.05, 0) is 31.7 Å². The summed E-state index contributed by atoms with van der Waals surface area (Å²) in [7, 11) is 1.77. The molecular formula is C13H19F2NS. The molecule has 0 aliphatic heterocycles. The van der Waals surface area contributed by atoms with Gasteiger partial charge in [-0.1, -0.05) is 13.8 Å². The Balaban J connectivity index is 2.75. The van der Waals surface area contributed by atoms with Crippen LogP contribution >= 0.6 is 11.8 Å². The van der Waals surface area contributed by atoms with E-state index < -0.39 is 5.82 Å². The second kappa shape index (κ2) is 6.97. The van der Waals surface area contributed by atoms with E-state index in [0.29, 0.717) is 10.8 Å². The van der Waals surface area contributed by atoms with Gasteiger partial charge < -0.3 is 5.32 Å². The molecular weight excluding hydrogens is 240 g/mol. The third-order valence-corrected chi connectivity index (χ3v) is 4.23. The molecule has 0 aromatic heterocycles. The van der Waals surface area contributed by atoms with Gasteiger partial charge in [0.15, 0.2) is 0 Å². The summed E-state index contributed by atoms with van der Waals surface area (Å²) in [5, 5.41) is 3.57. The Labute approximate surface area is 106 Å². The van der Waals surface area contributed by atoms with Crippen molar-refractivity contribution in [1.82, 2.24) is 5.32 Å². The van der Waals surface area contributed by atoms with Crippen LogP contribution in [0.2, 0.25) is 0 Å². The van der Waals surface area contributed by atoms with E-state index in [4.69, 9.17) is 0 Å². The van der Waals surface area contributed by atoms with Crippen LogP contribution in [-0.2, 0) is 0 Å². The minimum atomic E-state index is -0.393. The standard InChI is InChI=1S/C13H19F2NS/c1-4-9(2)17-8-13(16-3)11-7-10(14)5-6-12(11)15/h5-7,9,13,16H,4,8H2,1-3H3. The van der Waals surface area contributed by atoms with Crippen molar-refractivity contribution < 1.29 is 8.78 Å². The van der Waals surface area contributed by atoms with E-state index in [9.17, 15) is 8.78 Å². The smallest absolute Gasteiger partial charge is 0.128 e. The summed E-state index contributed by atoms with van der Waals surface area (Å²) in [5.41, 5.74) is 0.406. The maximum atomic E-state index is 13.6. The largest absolute Gasteiger partial charge is 0.312 e. The van der Waals surface area contributed by atoms with Crippen molar-refractivity contribution >= 4 is 11.8 Å². The molecule has 1 rings (SSSR count). The molecule has 0 heterocycles. The van der Waals surface area contributed by atoms with Gasteiger partial charge in [-0.25, -0.2) is 8.78 Å². The van der Waals surface area contributed by atoms with E-state index in [-0.39, 0.29) is 11.9 Å². The molecule has 1 N–H and O–H groups in total. The molecule has 2 unspecified atom stereocenters. The molecule has 0 saturated carbocycles. The summed E-state index contributed by atoms with van der Waals surface area (Å²) >= 11 is 1.77. The van der Waals surface area contributed by atoms with Gasteiger partial charge in [0.25, 0.3) is 0 Å². The zero-order valence-electron chi connectivity index (χ0n) is 10.5. The number of hydrogen-bond acceptors (Lipinski definition) is 2. The minimum absolute atomic E-state index is 0.148. The number of hydrogen-bond donors (Lipinski definition) is 1. The summed E-state index contributed by atoms with van der Waals surface area (Å²) in [4.78, 5) is 0. The summed E-state index contributed by atoms with van der Waals surface area (Å²) in [6.45, 7) is 4.26. The molecule has 96 valence electrons. The van der Waals surface area contributed by atoms with Crippen molar-refractivity contribution in [2.24, 2.45) is 0 Å². The molecule has 0 aliphatic carbocycles. The molecule has 0 spiro atoms. The number of benzene rings is 1. The SMILES string of the molecule is CCC(C)SCC(NC)c1cc(F)ccc1F. The average Bonchev–Trinajstić information content (AvgIpc) is 2.33. The molecule has 0 aliphatic rings. The maximum absolute atomic E-state index is 13.6. The van der Waals surface area contributed by atoms with Crippen LogP contribution in [0.5, 0.6) is 0 Å². The third-order valence-electron chi connectivity index (χ3n) is 2.80. The molecule has 0 bridgehead atoms. The maximum Gasteiger partial charge on any atom is 0.128 e. The van der Waals surface area contributed by atoms with Crippen molar-refractivity contribution in [2.45, 2.75) is 31.6 Å². The lowest BCUT2D eigenvalue weighted by Gasteiger charge is -2.19. The van der Waals surface area contributed by atoms with Gasteiger partial charge in [-0.2, -0.15) is 11.8 Å². The van der Waals surface area contributed by atoms with Crippen LogP contribution < -0.4 is 5.32 Å². The van der Waals surface area contributed by atoms with Gasteiger partial charge in [-0.15, -0.1) is 0 Å². The van der Waals surface area contributed by atoms with Crippen LogP contribution in [0.15, 0.2) is 18.2 Å². The van der Waals surface area contributed by atoms with Gasteiger partial charge in [0.05, 0.1) is 0 Å². The van der Waals surface area contributed by atoms with E-state index in [2.05, 4.69) is 19.2 Å². The molecule has 0 amide bonds. The average molecular weight is 259 g/mol. The van der Waals surface area contributed by atoms with E-state index >= 15 is 0 Å². The molecule has 0 radical (unpaired) electrons. The predicted molar refractivity (Wildman–Crippen MR) is 70.4 cm³/mol. The highest BCUT2D eigenvalue weighted by Crippen LogP contribution is 2.24. The fourth-order valence-corrected chi connectivity index (χ4v) is 2.59. The number of halogens is 2. The fraction of sp³-hybridized carbons (Fsp3) is 0.538. The Kier molecular flexibility index (Phi) is 5.92. The minimum Gasteiger partial charge on any atom is -0.312 e. The van der Waals surface area contributed by atoms with Crippen molar-refractivity contribution in [1.29, 1.82) is 0 Å². The van der Waals surface area contributed by atoms with Crippen LogP contribution in [0, 0.1) is 11.6 Å². The molecule has 1 aromatic rings. The first-order valence-electron chi connectivity index (χ1n) is 5.82. The third kappa shape index (κ3) is 4.28. The van der Waals surface area contributed by atoms with Crippen LogP contribution in [0.4, 0.5) is 8.78 Å². The summed E-state index contributed by atoms with van der Waals surface area (Å²) in [6, 6.07) is 3.45. The number of thioether (sulfide) groups is 1. The second-order valence-electron chi connectivity index (χ2n) is 4.06. The summed E-state index contributed by atoms with van der Waals surface area (Å²) < 4.78 is 26.7. The molecule has 0 saturated heterocycles. The normalized spacial score (nSPS) is 14.6. The van der Waals surface area contributed by atoms with Gasteiger partial charge >= 0.3 is 0 Å². The highest BCUT2D eigenvalue weighted by Gasteiger charge is 2.16. The fourth-order valence-electron chi connectivity index (χ4n) is 1.49.